The van der Waals surface area contributed by atoms with Crippen LogP contribution in [-0.4, -0.2) is 4.98 Å². The highest BCUT2D eigenvalue weighted by atomic mass is 35.5. The molecule has 0 atom stereocenters. The van der Waals surface area contributed by atoms with Gasteiger partial charge in [-0.2, -0.15) is 0 Å². The molecule has 0 bridgehead atoms. The molecule has 0 aliphatic rings. The molecule has 3 heteroatoms. The zero-order valence-corrected chi connectivity index (χ0v) is 11.2. The van der Waals surface area contributed by atoms with Crippen molar-refractivity contribution < 1.29 is 0 Å². The van der Waals surface area contributed by atoms with Crippen LogP contribution in [0.3, 0.4) is 0 Å². The van der Waals surface area contributed by atoms with E-state index >= 15 is 0 Å². The summed E-state index contributed by atoms with van der Waals surface area (Å²) in [6, 6.07) is 12.2. The Morgan fingerprint density at radius 1 is 1.11 bits per heavy atom. The van der Waals surface area contributed by atoms with Crippen molar-refractivity contribution in [1.82, 2.24) is 4.98 Å². The molecule has 0 saturated carbocycles. The number of pyridine rings is 1. The van der Waals surface area contributed by atoms with Crippen LogP contribution in [0.4, 0.5) is 11.5 Å². The summed E-state index contributed by atoms with van der Waals surface area (Å²) >= 11 is 5.79. The molecule has 1 aromatic carbocycles. The number of benzene rings is 1. The summed E-state index contributed by atoms with van der Waals surface area (Å²) in [5.41, 5.74) is 2.43. The first-order valence-corrected chi connectivity index (χ1v) is 6.63. The van der Waals surface area contributed by atoms with Crippen LogP contribution in [0, 0.1) is 0 Å². The van der Waals surface area contributed by atoms with Crippen LogP contribution in [0.2, 0.25) is 5.02 Å². The van der Waals surface area contributed by atoms with Crippen molar-refractivity contribution in [2.24, 2.45) is 0 Å². The SMILES string of the molecule is CCCCc1ccc(Nc2ccc(Cl)cn2)cc1. The maximum absolute atomic E-state index is 5.79. The van der Waals surface area contributed by atoms with E-state index in [0.717, 1.165) is 17.9 Å². The fraction of sp³-hybridized carbons (Fsp3) is 0.267. The predicted octanol–water partition coefficient (Wildman–Crippen LogP) is 4.82. The van der Waals surface area contributed by atoms with Gasteiger partial charge in [0.1, 0.15) is 5.82 Å². The van der Waals surface area contributed by atoms with Gasteiger partial charge >= 0.3 is 0 Å². The number of nitrogens with one attached hydrogen (secondary N) is 1. The van der Waals surface area contributed by atoms with Gasteiger partial charge in [-0.3, -0.25) is 0 Å². The molecule has 0 radical (unpaired) electrons. The van der Waals surface area contributed by atoms with Crippen molar-refractivity contribution in [3.8, 4) is 0 Å². The molecule has 2 nitrogen and oxygen atoms in total. The molecule has 0 spiro atoms. The lowest BCUT2D eigenvalue weighted by Crippen LogP contribution is -1.93. The number of aryl methyl sites for hydroxylation is 1. The second kappa shape index (κ2) is 6.41. The predicted molar refractivity (Wildman–Crippen MR) is 77.6 cm³/mol. The van der Waals surface area contributed by atoms with Crippen molar-refractivity contribution >= 4 is 23.1 Å². The number of anilines is 2. The summed E-state index contributed by atoms with van der Waals surface area (Å²) in [4.78, 5) is 4.20. The van der Waals surface area contributed by atoms with Gasteiger partial charge in [-0.05, 0) is 42.7 Å². The number of hydrogen-bond donors (Lipinski definition) is 1. The third kappa shape index (κ3) is 3.74. The second-order valence-corrected chi connectivity index (χ2v) is 4.72. The molecule has 1 N–H and O–H groups in total. The molecule has 0 aliphatic carbocycles. The molecular formula is C15H17ClN2. The minimum atomic E-state index is 0.649. The Bertz CT molecular complexity index is 477. The highest BCUT2D eigenvalue weighted by Gasteiger charge is 1.97. The van der Waals surface area contributed by atoms with Crippen molar-refractivity contribution in [3.63, 3.8) is 0 Å². The van der Waals surface area contributed by atoms with Crippen molar-refractivity contribution in [3.05, 3.63) is 53.2 Å². The highest BCUT2D eigenvalue weighted by Crippen LogP contribution is 2.17. The van der Waals surface area contributed by atoms with Crippen molar-refractivity contribution in [2.75, 3.05) is 5.32 Å². The minimum absolute atomic E-state index is 0.649. The summed E-state index contributed by atoms with van der Waals surface area (Å²) in [5, 5.41) is 3.89. The average Bonchev–Trinajstić information content (AvgIpc) is 2.41. The van der Waals surface area contributed by atoms with Gasteiger partial charge in [0.2, 0.25) is 0 Å². The van der Waals surface area contributed by atoms with E-state index in [1.54, 1.807) is 6.20 Å². The van der Waals surface area contributed by atoms with Crippen LogP contribution in [0.5, 0.6) is 0 Å². The van der Waals surface area contributed by atoms with Gasteiger partial charge < -0.3 is 5.32 Å². The Kier molecular flexibility index (Phi) is 4.59. The zero-order valence-electron chi connectivity index (χ0n) is 10.5. The van der Waals surface area contributed by atoms with Gasteiger partial charge in [-0.1, -0.05) is 37.1 Å². The Balaban J connectivity index is 1.99. The van der Waals surface area contributed by atoms with Crippen LogP contribution in [0.15, 0.2) is 42.6 Å². The molecule has 0 saturated heterocycles. The Morgan fingerprint density at radius 2 is 1.89 bits per heavy atom. The summed E-state index contributed by atoms with van der Waals surface area (Å²) in [6.07, 6.45) is 5.26. The smallest absolute Gasteiger partial charge is 0.130 e. The first-order chi connectivity index (χ1) is 8.78. The summed E-state index contributed by atoms with van der Waals surface area (Å²) in [5.74, 6) is 0.806. The van der Waals surface area contributed by atoms with E-state index < -0.39 is 0 Å². The standard InChI is InChI=1S/C15H17ClN2/c1-2-3-4-12-5-8-14(9-6-12)18-15-10-7-13(16)11-17-15/h5-11H,2-4H2,1H3,(H,17,18). The van der Waals surface area contributed by atoms with E-state index in [4.69, 9.17) is 11.6 Å². The fourth-order valence-electron chi connectivity index (χ4n) is 1.73. The lowest BCUT2D eigenvalue weighted by molar-refractivity contribution is 0.795. The van der Waals surface area contributed by atoms with Gasteiger partial charge in [0.25, 0.3) is 0 Å². The second-order valence-electron chi connectivity index (χ2n) is 4.29. The highest BCUT2D eigenvalue weighted by molar-refractivity contribution is 6.30. The summed E-state index contributed by atoms with van der Waals surface area (Å²) in [6.45, 7) is 2.21. The topological polar surface area (TPSA) is 24.9 Å². The van der Waals surface area contributed by atoms with E-state index in [0.29, 0.717) is 5.02 Å². The van der Waals surface area contributed by atoms with Crippen LogP contribution in [-0.2, 0) is 6.42 Å². The number of nitrogens with zero attached hydrogens (tertiary/aromatic N) is 1. The molecule has 1 heterocycles. The van der Waals surface area contributed by atoms with Crippen molar-refractivity contribution in [1.29, 1.82) is 0 Å². The first kappa shape index (κ1) is 12.9. The Morgan fingerprint density at radius 3 is 2.50 bits per heavy atom. The van der Waals surface area contributed by atoms with E-state index in [-0.39, 0.29) is 0 Å². The number of rotatable bonds is 5. The zero-order chi connectivity index (χ0) is 12.8. The molecule has 94 valence electrons. The van der Waals surface area contributed by atoms with Gasteiger partial charge in [0.05, 0.1) is 5.02 Å². The molecular weight excluding hydrogens is 244 g/mol. The number of hydrogen-bond acceptors (Lipinski definition) is 2. The van der Waals surface area contributed by atoms with Crippen molar-refractivity contribution in [2.45, 2.75) is 26.2 Å². The molecule has 0 amide bonds. The lowest BCUT2D eigenvalue weighted by atomic mass is 10.1. The fourth-order valence-corrected chi connectivity index (χ4v) is 1.85. The van der Waals surface area contributed by atoms with Gasteiger partial charge in [-0.15, -0.1) is 0 Å². The number of halogens is 1. The summed E-state index contributed by atoms with van der Waals surface area (Å²) < 4.78 is 0. The number of aromatic nitrogens is 1. The molecule has 1 aromatic heterocycles. The van der Waals surface area contributed by atoms with E-state index in [1.165, 1.54) is 18.4 Å². The largest absolute Gasteiger partial charge is 0.340 e. The van der Waals surface area contributed by atoms with E-state index in [2.05, 4.69) is 41.5 Å². The average molecular weight is 261 g/mol. The summed E-state index contributed by atoms with van der Waals surface area (Å²) in [7, 11) is 0. The van der Waals surface area contributed by atoms with Crippen LogP contribution in [0.25, 0.3) is 0 Å². The quantitative estimate of drug-likeness (QED) is 0.834. The minimum Gasteiger partial charge on any atom is -0.340 e. The number of unbranched alkanes of at least 4 members (excludes halogenated alkanes) is 1. The van der Waals surface area contributed by atoms with Gasteiger partial charge in [0.15, 0.2) is 0 Å². The van der Waals surface area contributed by atoms with Gasteiger partial charge in [0, 0.05) is 11.9 Å². The maximum Gasteiger partial charge on any atom is 0.130 e. The third-order valence-corrected chi connectivity index (χ3v) is 3.00. The Hall–Kier alpha value is -1.54. The van der Waals surface area contributed by atoms with Gasteiger partial charge in [-0.25, -0.2) is 4.98 Å². The Labute approximate surface area is 113 Å². The van der Waals surface area contributed by atoms with Crippen LogP contribution >= 0.6 is 11.6 Å². The normalized spacial score (nSPS) is 10.3. The molecule has 2 aromatic rings. The molecule has 0 unspecified atom stereocenters. The molecule has 0 aliphatic heterocycles. The molecule has 0 fully saturated rings. The lowest BCUT2D eigenvalue weighted by Gasteiger charge is -2.06. The molecule has 18 heavy (non-hydrogen) atoms. The van der Waals surface area contributed by atoms with Crippen LogP contribution in [0.1, 0.15) is 25.3 Å². The van der Waals surface area contributed by atoms with E-state index in [9.17, 15) is 0 Å². The first-order valence-electron chi connectivity index (χ1n) is 6.25. The maximum atomic E-state index is 5.79. The molecule has 2 rings (SSSR count). The monoisotopic (exact) mass is 260 g/mol. The third-order valence-electron chi connectivity index (χ3n) is 2.77. The van der Waals surface area contributed by atoms with E-state index in [1.807, 2.05) is 12.1 Å². The van der Waals surface area contributed by atoms with Crippen LogP contribution < -0.4 is 5.32 Å².